The van der Waals surface area contributed by atoms with E-state index in [1.165, 1.54) is 12.1 Å². The average Bonchev–Trinajstić information content (AvgIpc) is 3.25. The molecule has 1 aliphatic heterocycles. The Bertz CT molecular complexity index is 938. The molecule has 0 unspecified atom stereocenters. The maximum Gasteiger partial charge on any atom is 0.274 e. The summed E-state index contributed by atoms with van der Waals surface area (Å²) in [5.41, 5.74) is 3.37. The number of benzene rings is 1. The lowest BCUT2D eigenvalue weighted by Crippen LogP contribution is -2.39. The first-order valence-electron chi connectivity index (χ1n) is 10.5. The minimum atomic E-state index is -0.291. The molecule has 0 N–H and O–H groups in total. The third-order valence-electron chi connectivity index (χ3n) is 5.94. The number of halogens is 1. The lowest BCUT2D eigenvalue weighted by Gasteiger charge is -2.22. The first-order valence-corrected chi connectivity index (χ1v) is 10.5. The number of hydrogen-bond donors (Lipinski definition) is 0. The number of aromatic nitrogens is 2. The van der Waals surface area contributed by atoms with Gasteiger partial charge >= 0.3 is 0 Å². The molecule has 1 fully saturated rings. The first-order chi connectivity index (χ1) is 14.4. The molecule has 0 bridgehead atoms. The van der Waals surface area contributed by atoms with E-state index in [0.717, 1.165) is 49.2 Å². The van der Waals surface area contributed by atoms with E-state index in [2.05, 4.69) is 10.00 Å². The number of carbonyl (C=O) groups is 2. The molecule has 0 atom stereocenters. The van der Waals surface area contributed by atoms with E-state index in [-0.39, 0.29) is 17.6 Å². The Kier molecular flexibility index (Phi) is 5.85. The number of rotatable bonds is 4. The quantitative estimate of drug-likeness (QED) is 0.766. The second-order valence-electron chi connectivity index (χ2n) is 8.23. The average molecular weight is 413 g/mol. The number of nitrogens with zero attached hydrogens (tertiary/aromatic N) is 5. The Labute approximate surface area is 176 Å². The number of likely N-dealkylation sites (N-methyl/N-ethyl adjacent to an activating group) is 1. The molecule has 0 radical (unpaired) electrons. The Hall–Kier alpha value is -2.74. The van der Waals surface area contributed by atoms with Crippen LogP contribution in [0.3, 0.4) is 0 Å². The van der Waals surface area contributed by atoms with Gasteiger partial charge in [-0.2, -0.15) is 5.10 Å². The maximum atomic E-state index is 13.3. The monoisotopic (exact) mass is 413 g/mol. The second-order valence-corrected chi connectivity index (χ2v) is 8.23. The van der Waals surface area contributed by atoms with Crippen LogP contribution in [0.25, 0.3) is 5.69 Å². The smallest absolute Gasteiger partial charge is 0.274 e. The second kappa shape index (κ2) is 8.55. The highest BCUT2D eigenvalue weighted by Crippen LogP contribution is 2.29. The molecular formula is C22H28FN5O2. The Morgan fingerprint density at radius 2 is 1.80 bits per heavy atom. The first kappa shape index (κ1) is 20.5. The predicted octanol–water partition coefficient (Wildman–Crippen LogP) is 1.74. The zero-order chi connectivity index (χ0) is 21.3. The molecular weight excluding hydrogens is 385 g/mol. The van der Waals surface area contributed by atoms with Gasteiger partial charge in [0.2, 0.25) is 5.91 Å². The summed E-state index contributed by atoms with van der Waals surface area (Å²) in [7, 11) is 3.52. The van der Waals surface area contributed by atoms with Gasteiger partial charge in [0.15, 0.2) is 5.69 Å². The van der Waals surface area contributed by atoms with Gasteiger partial charge in [0.25, 0.3) is 5.91 Å². The van der Waals surface area contributed by atoms with Gasteiger partial charge in [0.05, 0.1) is 12.2 Å². The molecule has 2 aliphatic rings. The van der Waals surface area contributed by atoms with E-state index in [9.17, 15) is 14.0 Å². The molecule has 4 rings (SSSR count). The van der Waals surface area contributed by atoms with Crippen LogP contribution < -0.4 is 0 Å². The van der Waals surface area contributed by atoms with Crippen molar-refractivity contribution >= 4 is 11.8 Å². The normalized spacial score (nSPS) is 17.0. The van der Waals surface area contributed by atoms with Gasteiger partial charge in [-0.3, -0.25) is 14.5 Å². The van der Waals surface area contributed by atoms with Crippen molar-refractivity contribution in [3.05, 3.63) is 47.0 Å². The van der Waals surface area contributed by atoms with Crippen molar-refractivity contribution in [1.29, 1.82) is 0 Å². The lowest BCUT2D eigenvalue weighted by molar-refractivity contribution is -0.129. The minimum Gasteiger partial charge on any atom is -0.348 e. The topological polar surface area (TPSA) is 61.7 Å². The summed E-state index contributed by atoms with van der Waals surface area (Å²) in [5, 5.41) is 4.66. The Morgan fingerprint density at radius 1 is 1.03 bits per heavy atom. The van der Waals surface area contributed by atoms with Crippen molar-refractivity contribution in [2.24, 2.45) is 0 Å². The fourth-order valence-electron chi connectivity index (χ4n) is 4.22. The van der Waals surface area contributed by atoms with Gasteiger partial charge in [-0.1, -0.05) is 0 Å². The summed E-state index contributed by atoms with van der Waals surface area (Å²) in [6.45, 7) is 3.09. The van der Waals surface area contributed by atoms with Gasteiger partial charge in [-0.15, -0.1) is 0 Å². The lowest BCUT2D eigenvalue weighted by atomic mass is 10.2. The van der Waals surface area contributed by atoms with Crippen molar-refractivity contribution in [1.82, 2.24) is 24.5 Å². The molecule has 30 heavy (non-hydrogen) atoms. The van der Waals surface area contributed by atoms with Crippen LogP contribution in [0.2, 0.25) is 0 Å². The van der Waals surface area contributed by atoms with Crippen molar-refractivity contribution in [2.75, 3.05) is 46.8 Å². The van der Waals surface area contributed by atoms with Crippen LogP contribution in [0.4, 0.5) is 4.39 Å². The fraction of sp³-hybridized carbons (Fsp3) is 0.500. The van der Waals surface area contributed by atoms with Gasteiger partial charge in [-0.05, 0) is 49.9 Å². The number of carbonyl (C=O) groups excluding carboxylic acids is 2. The predicted molar refractivity (Wildman–Crippen MR) is 111 cm³/mol. The molecule has 7 nitrogen and oxygen atoms in total. The third-order valence-corrected chi connectivity index (χ3v) is 5.94. The van der Waals surface area contributed by atoms with Crippen molar-refractivity contribution in [2.45, 2.75) is 25.7 Å². The summed E-state index contributed by atoms with van der Waals surface area (Å²) in [5.74, 6) is -0.263. The largest absolute Gasteiger partial charge is 0.348 e. The van der Waals surface area contributed by atoms with E-state index in [1.54, 1.807) is 35.8 Å². The zero-order valence-electron chi connectivity index (χ0n) is 17.6. The SMILES string of the molecule is CN(C)C(=O)CN1CCCN(C(=O)c2nn(-c3ccc(F)cc3)c3c2CCC3)CC1. The molecule has 1 aromatic carbocycles. The van der Waals surface area contributed by atoms with Crippen LogP contribution in [0.15, 0.2) is 24.3 Å². The summed E-state index contributed by atoms with van der Waals surface area (Å²) in [4.78, 5) is 30.9. The van der Waals surface area contributed by atoms with Crippen LogP contribution >= 0.6 is 0 Å². The van der Waals surface area contributed by atoms with Crippen LogP contribution in [0, 0.1) is 5.82 Å². The van der Waals surface area contributed by atoms with Crippen molar-refractivity contribution in [3.63, 3.8) is 0 Å². The van der Waals surface area contributed by atoms with E-state index in [0.29, 0.717) is 31.9 Å². The highest BCUT2D eigenvalue weighted by Gasteiger charge is 2.30. The Balaban J connectivity index is 1.52. The van der Waals surface area contributed by atoms with Gasteiger partial charge in [-0.25, -0.2) is 9.07 Å². The molecule has 1 aromatic heterocycles. The standard InChI is InChI=1S/C22H28FN5O2/c1-25(2)20(29)15-26-11-4-12-27(14-13-26)22(30)21-18-5-3-6-19(18)28(24-21)17-9-7-16(23)8-10-17/h7-10H,3-6,11-15H2,1-2H3. The summed E-state index contributed by atoms with van der Waals surface area (Å²) in [6, 6.07) is 6.22. The van der Waals surface area contributed by atoms with E-state index >= 15 is 0 Å². The van der Waals surface area contributed by atoms with E-state index in [4.69, 9.17) is 0 Å². The molecule has 2 amide bonds. The van der Waals surface area contributed by atoms with Crippen LogP contribution in [-0.4, -0.2) is 83.1 Å². The molecule has 160 valence electrons. The zero-order valence-corrected chi connectivity index (χ0v) is 17.6. The molecule has 2 heterocycles. The highest BCUT2D eigenvalue weighted by atomic mass is 19.1. The number of amides is 2. The summed E-state index contributed by atoms with van der Waals surface area (Å²) in [6.07, 6.45) is 3.53. The van der Waals surface area contributed by atoms with Crippen LogP contribution in [0.5, 0.6) is 0 Å². The van der Waals surface area contributed by atoms with E-state index < -0.39 is 0 Å². The van der Waals surface area contributed by atoms with Crippen LogP contribution in [0.1, 0.15) is 34.6 Å². The van der Waals surface area contributed by atoms with Gasteiger partial charge < -0.3 is 9.80 Å². The molecule has 8 heteroatoms. The molecule has 1 aliphatic carbocycles. The van der Waals surface area contributed by atoms with E-state index in [1.807, 2.05) is 4.90 Å². The third kappa shape index (κ3) is 4.09. The van der Waals surface area contributed by atoms with Gasteiger partial charge in [0, 0.05) is 51.5 Å². The minimum absolute atomic E-state index is 0.0465. The molecule has 0 spiro atoms. The van der Waals surface area contributed by atoms with Crippen molar-refractivity contribution < 1.29 is 14.0 Å². The fourth-order valence-corrected chi connectivity index (χ4v) is 4.22. The molecule has 0 saturated carbocycles. The molecule has 2 aromatic rings. The summed E-state index contributed by atoms with van der Waals surface area (Å²) >= 11 is 0. The van der Waals surface area contributed by atoms with Crippen LogP contribution in [-0.2, 0) is 17.6 Å². The molecule has 1 saturated heterocycles. The highest BCUT2D eigenvalue weighted by molar-refractivity contribution is 5.94. The number of hydrogen-bond acceptors (Lipinski definition) is 4. The van der Waals surface area contributed by atoms with Gasteiger partial charge in [0.1, 0.15) is 5.82 Å². The maximum absolute atomic E-state index is 13.3. The Morgan fingerprint density at radius 3 is 2.53 bits per heavy atom. The number of fused-ring (bicyclic) bond motifs is 1. The summed E-state index contributed by atoms with van der Waals surface area (Å²) < 4.78 is 15.1. The van der Waals surface area contributed by atoms with Crippen molar-refractivity contribution in [3.8, 4) is 5.69 Å².